The molecule has 0 unspecified atom stereocenters. The minimum absolute atomic E-state index is 0.528. The van der Waals surface area contributed by atoms with Crippen LogP contribution in [0, 0.1) is 5.92 Å². The number of ether oxygens (including phenoxy) is 3. The predicted octanol–water partition coefficient (Wildman–Crippen LogP) is 2.64. The van der Waals surface area contributed by atoms with Gasteiger partial charge in [-0.1, -0.05) is 0 Å². The lowest BCUT2D eigenvalue weighted by Gasteiger charge is -2.22. The molecule has 0 bridgehead atoms. The highest BCUT2D eigenvalue weighted by molar-refractivity contribution is 5.79. The molecule has 2 saturated carbocycles. The molecule has 2 aliphatic rings. The van der Waals surface area contributed by atoms with E-state index in [0.717, 1.165) is 43.1 Å². The molecule has 7 heteroatoms. The Bertz CT molecular complexity index is 662. The molecule has 0 atom stereocenters. The zero-order chi connectivity index (χ0) is 20.6. The summed E-state index contributed by atoms with van der Waals surface area (Å²) in [6.45, 7) is 6.70. The van der Waals surface area contributed by atoms with Crippen LogP contribution in [0.4, 0.5) is 0 Å². The van der Waals surface area contributed by atoms with E-state index in [2.05, 4.69) is 22.5 Å². The lowest BCUT2D eigenvalue weighted by atomic mass is 10.2. The van der Waals surface area contributed by atoms with Crippen molar-refractivity contribution in [1.29, 1.82) is 0 Å². The first-order chi connectivity index (χ1) is 14.2. The van der Waals surface area contributed by atoms with Crippen LogP contribution in [0.15, 0.2) is 17.1 Å². The number of hydrogen-bond acceptors (Lipinski definition) is 5. The molecular formula is C22H36N4O3. The Morgan fingerprint density at radius 3 is 2.24 bits per heavy atom. The number of methoxy groups -OCH3 is 3. The Labute approximate surface area is 174 Å². The van der Waals surface area contributed by atoms with Crippen molar-refractivity contribution >= 4 is 5.96 Å². The minimum Gasteiger partial charge on any atom is -0.493 e. The molecule has 0 radical (unpaired) electrons. The molecule has 29 heavy (non-hydrogen) atoms. The van der Waals surface area contributed by atoms with Gasteiger partial charge in [0.1, 0.15) is 0 Å². The molecule has 2 fully saturated rings. The fourth-order valence-electron chi connectivity index (χ4n) is 3.55. The molecule has 162 valence electrons. The third kappa shape index (κ3) is 6.42. The van der Waals surface area contributed by atoms with Gasteiger partial charge in [-0.15, -0.1) is 0 Å². The first-order valence-electron chi connectivity index (χ1n) is 10.7. The van der Waals surface area contributed by atoms with Crippen molar-refractivity contribution in [2.45, 2.75) is 45.2 Å². The average Bonchev–Trinajstić information content (AvgIpc) is 3.63. The number of benzene rings is 1. The summed E-state index contributed by atoms with van der Waals surface area (Å²) in [6, 6.07) is 4.70. The molecule has 0 saturated heterocycles. The molecule has 0 spiro atoms. The molecule has 3 rings (SSSR count). The maximum Gasteiger partial charge on any atom is 0.203 e. The molecule has 0 aromatic heterocycles. The van der Waals surface area contributed by atoms with Crippen molar-refractivity contribution in [3.05, 3.63) is 17.7 Å². The second kappa shape index (κ2) is 10.6. The van der Waals surface area contributed by atoms with Crippen LogP contribution in [0.3, 0.4) is 0 Å². The van der Waals surface area contributed by atoms with Gasteiger partial charge < -0.3 is 24.8 Å². The molecule has 7 nitrogen and oxygen atoms in total. The van der Waals surface area contributed by atoms with Crippen LogP contribution < -0.4 is 24.8 Å². The third-order valence-corrected chi connectivity index (χ3v) is 5.43. The topological polar surface area (TPSA) is 67.4 Å². The van der Waals surface area contributed by atoms with Gasteiger partial charge in [-0.3, -0.25) is 4.90 Å². The summed E-state index contributed by atoms with van der Waals surface area (Å²) in [5.41, 5.74) is 1.00. The molecule has 0 amide bonds. The summed E-state index contributed by atoms with van der Waals surface area (Å²) in [6.07, 6.45) is 5.55. The lowest BCUT2D eigenvalue weighted by Crippen LogP contribution is -2.42. The fourth-order valence-corrected chi connectivity index (χ4v) is 3.55. The van der Waals surface area contributed by atoms with Gasteiger partial charge in [0.05, 0.1) is 27.9 Å². The molecule has 0 aliphatic heterocycles. The van der Waals surface area contributed by atoms with E-state index in [4.69, 9.17) is 19.2 Å². The van der Waals surface area contributed by atoms with E-state index in [9.17, 15) is 0 Å². The summed E-state index contributed by atoms with van der Waals surface area (Å²) < 4.78 is 16.3. The second-order valence-electron chi connectivity index (χ2n) is 7.83. The van der Waals surface area contributed by atoms with Crippen molar-refractivity contribution in [3.63, 3.8) is 0 Å². The highest BCUT2D eigenvalue weighted by Crippen LogP contribution is 2.38. The Balaban J connectivity index is 1.58. The highest BCUT2D eigenvalue weighted by Gasteiger charge is 2.33. The Morgan fingerprint density at radius 2 is 1.72 bits per heavy atom. The summed E-state index contributed by atoms with van der Waals surface area (Å²) in [7, 11) is 4.87. The minimum atomic E-state index is 0.528. The number of hydrogen-bond donors (Lipinski definition) is 2. The third-order valence-electron chi connectivity index (χ3n) is 5.43. The van der Waals surface area contributed by atoms with E-state index < -0.39 is 0 Å². The first kappa shape index (κ1) is 21.6. The quantitative estimate of drug-likeness (QED) is 0.412. The van der Waals surface area contributed by atoms with E-state index in [1.807, 2.05) is 12.1 Å². The van der Waals surface area contributed by atoms with Gasteiger partial charge in [0.25, 0.3) is 0 Å². The van der Waals surface area contributed by atoms with E-state index >= 15 is 0 Å². The van der Waals surface area contributed by atoms with Gasteiger partial charge in [0, 0.05) is 32.2 Å². The van der Waals surface area contributed by atoms with Crippen LogP contribution in [0.25, 0.3) is 0 Å². The Kier molecular flexibility index (Phi) is 7.86. The normalized spacial score (nSPS) is 16.7. The number of aliphatic imine (C=N–C) groups is 1. The Hall–Kier alpha value is -2.15. The standard InChI is InChI=1S/C22H36N4O3/c1-5-23-22(24-10-11-26(18-8-9-18)15-16-6-7-16)25-14-17-12-19(27-2)21(29-4)20(13-17)28-3/h12-13,16,18H,5-11,14-15H2,1-4H3,(H2,23,24,25). The number of nitrogens with zero attached hydrogens (tertiary/aromatic N) is 2. The summed E-state index contributed by atoms with van der Waals surface area (Å²) >= 11 is 0. The molecule has 2 aliphatic carbocycles. The summed E-state index contributed by atoms with van der Waals surface area (Å²) in [4.78, 5) is 7.40. The van der Waals surface area contributed by atoms with E-state index in [-0.39, 0.29) is 0 Å². The predicted molar refractivity (Wildman–Crippen MR) is 116 cm³/mol. The first-order valence-corrected chi connectivity index (χ1v) is 10.7. The fraction of sp³-hybridized carbons (Fsp3) is 0.682. The molecule has 1 aromatic rings. The van der Waals surface area contributed by atoms with E-state index in [0.29, 0.717) is 23.8 Å². The molecular weight excluding hydrogens is 368 g/mol. The smallest absolute Gasteiger partial charge is 0.203 e. The molecule has 2 N–H and O–H groups in total. The van der Waals surface area contributed by atoms with Gasteiger partial charge in [-0.05, 0) is 56.2 Å². The van der Waals surface area contributed by atoms with E-state index in [1.54, 1.807) is 21.3 Å². The summed E-state index contributed by atoms with van der Waals surface area (Å²) in [5.74, 6) is 3.68. The highest BCUT2D eigenvalue weighted by atomic mass is 16.5. The maximum absolute atomic E-state index is 5.44. The van der Waals surface area contributed by atoms with Crippen LogP contribution in [0.5, 0.6) is 17.2 Å². The number of rotatable bonds is 12. The number of nitrogens with one attached hydrogen (secondary N) is 2. The average molecular weight is 405 g/mol. The second-order valence-corrected chi connectivity index (χ2v) is 7.83. The Morgan fingerprint density at radius 1 is 1.03 bits per heavy atom. The van der Waals surface area contributed by atoms with Crippen LogP contribution in [0.2, 0.25) is 0 Å². The largest absolute Gasteiger partial charge is 0.493 e. The van der Waals surface area contributed by atoms with Gasteiger partial charge in [0.15, 0.2) is 17.5 Å². The SMILES string of the molecule is CCNC(=NCc1cc(OC)c(OC)c(OC)c1)NCCN(CC1CC1)C1CC1. The van der Waals surface area contributed by atoms with Crippen LogP contribution in [0.1, 0.15) is 38.2 Å². The van der Waals surface area contributed by atoms with Gasteiger partial charge in [-0.2, -0.15) is 0 Å². The van der Waals surface area contributed by atoms with E-state index in [1.165, 1.54) is 32.2 Å². The van der Waals surface area contributed by atoms with Gasteiger partial charge in [0.2, 0.25) is 5.75 Å². The van der Waals surface area contributed by atoms with Crippen LogP contribution in [-0.2, 0) is 6.54 Å². The molecule has 0 heterocycles. The maximum atomic E-state index is 5.44. The summed E-state index contributed by atoms with van der Waals surface area (Å²) in [5, 5.41) is 6.82. The number of guanidine groups is 1. The zero-order valence-electron chi connectivity index (χ0n) is 18.3. The van der Waals surface area contributed by atoms with Crippen molar-refractivity contribution < 1.29 is 14.2 Å². The van der Waals surface area contributed by atoms with Crippen LogP contribution in [-0.4, -0.2) is 64.4 Å². The van der Waals surface area contributed by atoms with Gasteiger partial charge >= 0.3 is 0 Å². The van der Waals surface area contributed by atoms with Crippen molar-refractivity contribution in [2.24, 2.45) is 10.9 Å². The zero-order valence-corrected chi connectivity index (χ0v) is 18.3. The van der Waals surface area contributed by atoms with Crippen molar-refractivity contribution in [1.82, 2.24) is 15.5 Å². The van der Waals surface area contributed by atoms with Crippen LogP contribution >= 0.6 is 0 Å². The monoisotopic (exact) mass is 404 g/mol. The van der Waals surface area contributed by atoms with Crippen molar-refractivity contribution in [3.8, 4) is 17.2 Å². The van der Waals surface area contributed by atoms with Crippen molar-refractivity contribution in [2.75, 3.05) is 47.5 Å². The van der Waals surface area contributed by atoms with Gasteiger partial charge in [-0.25, -0.2) is 4.99 Å². The lowest BCUT2D eigenvalue weighted by molar-refractivity contribution is 0.256. The molecule has 1 aromatic carbocycles.